The van der Waals surface area contributed by atoms with E-state index in [1.165, 1.54) is 16.8 Å². The summed E-state index contributed by atoms with van der Waals surface area (Å²) in [6.45, 7) is 2.99. The van der Waals surface area contributed by atoms with Gasteiger partial charge in [-0.3, -0.25) is 9.59 Å². The normalized spacial score (nSPS) is 18.4. The number of aromatic nitrogens is 3. The Bertz CT molecular complexity index is 711. The molecule has 0 radical (unpaired) electrons. The van der Waals surface area contributed by atoms with Gasteiger partial charge in [0.05, 0.1) is 6.04 Å². The fourth-order valence-corrected chi connectivity index (χ4v) is 3.55. The number of rotatable bonds is 3. The number of thiazole rings is 1. The highest BCUT2D eigenvalue weighted by atomic mass is 32.1. The van der Waals surface area contributed by atoms with Gasteiger partial charge in [0, 0.05) is 30.7 Å². The maximum Gasteiger partial charge on any atom is 0.274 e. The first-order valence-corrected chi connectivity index (χ1v) is 8.37. The number of hydrogen-bond donors (Lipinski definition) is 0. The molecule has 0 N–H and O–H groups in total. The van der Waals surface area contributed by atoms with Gasteiger partial charge in [0.2, 0.25) is 0 Å². The average Bonchev–Trinajstić information content (AvgIpc) is 3.09. The number of hydrogen-bond acceptors (Lipinski definition) is 5. The first-order chi connectivity index (χ1) is 10.7. The Kier molecular flexibility index (Phi) is 4.33. The number of carbonyl (C=O) groups is 1. The number of piperidine rings is 1. The summed E-state index contributed by atoms with van der Waals surface area (Å²) >= 11 is 1.58. The Morgan fingerprint density at radius 3 is 3.00 bits per heavy atom. The second-order valence-electron chi connectivity index (χ2n) is 5.25. The molecule has 3 rings (SSSR count). The Labute approximate surface area is 132 Å². The average molecular weight is 318 g/mol. The van der Waals surface area contributed by atoms with Crippen LogP contribution in [-0.2, 0) is 6.54 Å². The van der Waals surface area contributed by atoms with Gasteiger partial charge in [-0.25, -0.2) is 9.67 Å². The molecule has 1 aliphatic rings. The zero-order chi connectivity index (χ0) is 15.5. The first-order valence-electron chi connectivity index (χ1n) is 7.49. The van der Waals surface area contributed by atoms with Crippen molar-refractivity contribution in [1.82, 2.24) is 19.7 Å². The minimum atomic E-state index is -0.186. The SMILES string of the molecule is CCn1nc(C(=O)N2CCCC[C@@H]2c2nccs2)ccc1=O. The van der Waals surface area contributed by atoms with Crippen LogP contribution >= 0.6 is 11.3 Å². The third-order valence-electron chi connectivity index (χ3n) is 3.89. The summed E-state index contributed by atoms with van der Waals surface area (Å²) in [5.41, 5.74) is 0.138. The summed E-state index contributed by atoms with van der Waals surface area (Å²) in [4.78, 5) is 30.6. The molecule has 0 bridgehead atoms. The molecule has 2 aromatic heterocycles. The summed E-state index contributed by atoms with van der Waals surface area (Å²) in [7, 11) is 0. The van der Waals surface area contributed by atoms with Crippen LogP contribution in [0.4, 0.5) is 0 Å². The number of likely N-dealkylation sites (tertiary alicyclic amines) is 1. The van der Waals surface area contributed by atoms with Crippen LogP contribution < -0.4 is 5.56 Å². The van der Waals surface area contributed by atoms with Crippen LogP contribution in [0.1, 0.15) is 47.7 Å². The van der Waals surface area contributed by atoms with Crippen molar-refractivity contribution in [3.05, 3.63) is 44.8 Å². The van der Waals surface area contributed by atoms with E-state index in [1.807, 2.05) is 17.2 Å². The van der Waals surface area contributed by atoms with Gasteiger partial charge in [0.1, 0.15) is 10.7 Å². The lowest BCUT2D eigenvalue weighted by atomic mass is 10.0. The summed E-state index contributed by atoms with van der Waals surface area (Å²) in [5, 5.41) is 7.08. The highest BCUT2D eigenvalue weighted by Crippen LogP contribution is 2.32. The number of carbonyl (C=O) groups excluding carboxylic acids is 1. The molecule has 1 fully saturated rings. The van der Waals surface area contributed by atoms with Crippen molar-refractivity contribution in [3.63, 3.8) is 0 Å². The number of aryl methyl sites for hydroxylation is 1. The van der Waals surface area contributed by atoms with Gasteiger partial charge in [-0.05, 0) is 32.3 Å². The van der Waals surface area contributed by atoms with E-state index in [0.717, 1.165) is 24.3 Å². The maximum absolute atomic E-state index is 12.8. The van der Waals surface area contributed by atoms with E-state index in [1.54, 1.807) is 17.5 Å². The van der Waals surface area contributed by atoms with Crippen LogP contribution in [-0.4, -0.2) is 32.1 Å². The van der Waals surface area contributed by atoms with Crippen molar-refractivity contribution in [2.24, 2.45) is 0 Å². The Morgan fingerprint density at radius 2 is 2.27 bits per heavy atom. The van der Waals surface area contributed by atoms with Gasteiger partial charge >= 0.3 is 0 Å². The minimum absolute atomic E-state index is 0.0186. The Morgan fingerprint density at radius 1 is 1.41 bits per heavy atom. The van der Waals surface area contributed by atoms with E-state index in [9.17, 15) is 9.59 Å². The molecule has 22 heavy (non-hydrogen) atoms. The van der Waals surface area contributed by atoms with Crippen LogP contribution in [0.2, 0.25) is 0 Å². The van der Waals surface area contributed by atoms with Gasteiger partial charge in [-0.15, -0.1) is 11.3 Å². The zero-order valence-corrected chi connectivity index (χ0v) is 13.3. The summed E-state index contributed by atoms with van der Waals surface area (Å²) in [6.07, 6.45) is 4.77. The molecular weight excluding hydrogens is 300 g/mol. The van der Waals surface area contributed by atoms with Crippen LogP contribution in [0.25, 0.3) is 0 Å². The second-order valence-corrected chi connectivity index (χ2v) is 6.18. The predicted octanol–water partition coefficient (Wildman–Crippen LogP) is 2.09. The van der Waals surface area contributed by atoms with Crippen LogP contribution in [0.3, 0.4) is 0 Å². The van der Waals surface area contributed by atoms with E-state index >= 15 is 0 Å². The monoisotopic (exact) mass is 318 g/mol. The molecule has 1 atom stereocenters. The molecule has 2 aromatic rings. The third-order valence-corrected chi connectivity index (χ3v) is 4.76. The van der Waals surface area contributed by atoms with Crippen molar-refractivity contribution >= 4 is 17.2 Å². The van der Waals surface area contributed by atoms with Crippen molar-refractivity contribution in [3.8, 4) is 0 Å². The number of nitrogens with zero attached hydrogens (tertiary/aromatic N) is 4. The van der Waals surface area contributed by atoms with Crippen LogP contribution in [0.15, 0.2) is 28.5 Å². The first kappa shape index (κ1) is 14.9. The maximum atomic E-state index is 12.8. The molecular formula is C15H18N4O2S. The lowest BCUT2D eigenvalue weighted by Crippen LogP contribution is -2.39. The predicted molar refractivity (Wildman–Crippen MR) is 83.9 cm³/mol. The lowest BCUT2D eigenvalue weighted by molar-refractivity contribution is 0.0602. The zero-order valence-electron chi connectivity index (χ0n) is 12.4. The fourth-order valence-electron chi connectivity index (χ4n) is 2.77. The van der Waals surface area contributed by atoms with Crippen molar-refractivity contribution in [2.45, 2.75) is 38.8 Å². The van der Waals surface area contributed by atoms with Crippen LogP contribution in [0.5, 0.6) is 0 Å². The Balaban J connectivity index is 1.90. The standard InChI is InChI=1S/C15H18N4O2S/c1-2-19-13(20)7-6-11(17-19)15(21)18-9-4-3-5-12(18)14-16-8-10-22-14/h6-8,10,12H,2-5,9H2,1H3/t12-/m1/s1. The van der Waals surface area contributed by atoms with Gasteiger partial charge < -0.3 is 4.90 Å². The molecule has 0 spiro atoms. The molecule has 1 aliphatic heterocycles. The van der Waals surface area contributed by atoms with Crippen molar-refractivity contribution in [1.29, 1.82) is 0 Å². The van der Waals surface area contributed by atoms with E-state index in [2.05, 4.69) is 10.1 Å². The molecule has 0 aliphatic carbocycles. The second kappa shape index (κ2) is 6.39. The molecule has 3 heterocycles. The van der Waals surface area contributed by atoms with Gasteiger partial charge in [0.25, 0.3) is 11.5 Å². The molecule has 6 nitrogen and oxygen atoms in total. The number of amides is 1. The largest absolute Gasteiger partial charge is 0.328 e. The summed E-state index contributed by atoms with van der Waals surface area (Å²) in [6, 6.07) is 2.95. The highest BCUT2D eigenvalue weighted by molar-refractivity contribution is 7.09. The molecule has 1 saturated heterocycles. The van der Waals surface area contributed by atoms with Crippen molar-refractivity contribution in [2.75, 3.05) is 6.54 Å². The van der Waals surface area contributed by atoms with Crippen LogP contribution in [0, 0.1) is 0 Å². The molecule has 0 unspecified atom stereocenters. The Hall–Kier alpha value is -2.02. The van der Waals surface area contributed by atoms with Gasteiger partial charge in [0.15, 0.2) is 0 Å². The van der Waals surface area contributed by atoms with E-state index in [-0.39, 0.29) is 17.5 Å². The lowest BCUT2D eigenvalue weighted by Gasteiger charge is -2.34. The highest BCUT2D eigenvalue weighted by Gasteiger charge is 2.31. The van der Waals surface area contributed by atoms with Crippen molar-refractivity contribution < 1.29 is 4.79 Å². The smallest absolute Gasteiger partial charge is 0.274 e. The third kappa shape index (κ3) is 2.81. The fraction of sp³-hybridized carbons (Fsp3) is 0.467. The van der Waals surface area contributed by atoms with E-state index in [0.29, 0.717) is 18.8 Å². The van der Waals surface area contributed by atoms with E-state index in [4.69, 9.17) is 0 Å². The van der Waals surface area contributed by atoms with Gasteiger partial charge in [-0.1, -0.05) is 0 Å². The minimum Gasteiger partial charge on any atom is -0.328 e. The topological polar surface area (TPSA) is 68.1 Å². The summed E-state index contributed by atoms with van der Waals surface area (Å²) in [5.74, 6) is -0.123. The quantitative estimate of drug-likeness (QED) is 0.869. The molecule has 116 valence electrons. The molecule has 7 heteroatoms. The molecule has 1 amide bonds. The molecule has 0 saturated carbocycles. The van der Waals surface area contributed by atoms with E-state index < -0.39 is 0 Å². The summed E-state index contributed by atoms with van der Waals surface area (Å²) < 4.78 is 1.32. The van der Waals surface area contributed by atoms with Gasteiger partial charge in [-0.2, -0.15) is 5.10 Å². The molecule has 0 aromatic carbocycles.